The van der Waals surface area contributed by atoms with E-state index in [0.717, 1.165) is 0 Å². The van der Waals surface area contributed by atoms with Crippen molar-refractivity contribution in [2.75, 3.05) is 6.61 Å². The Labute approximate surface area is 92.0 Å². The number of carbonyl (C=O) groups excluding carboxylic acids is 1. The molecule has 0 aliphatic rings. The molecule has 2 aromatic rings. The lowest BCUT2D eigenvalue weighted by molar-refractivity contribution is 0.0527. The van der Waals surface area contributed by atoms with E-state index in [1.165, 1.54) is 6.20 Å². The van der Waals surface area contributed by atoms with Crippen LogP contribution < -0.4 is 0 Å². The molecule has 2 heterocycles. The highest BCUT2D eigenvalue weighted by Gasteiger charge is 2.18. The van der Waals surface area contributed by atoms with Crippen molar-refractivity contribution < 1.29 is 14.1 Å². The van der Waals surface area contributed by atoms with Gasteiger partial charge in [0.2, 0.25) is 0 Å². The van der Waals surface area contributed by atoms with Crippen molar-refractivity contribution in [3.8, 4) is 11.3 Å². The van der Waals surface area contributed by atoms with Gasteiger partial charge in [-0.1, -0.05) is 5.16 Å². The summed E-state index contributed by atoms with van der Waals surface area (Å²) in [6, 6.07) is 3.54. The van der Waals surface area contributed by atoms with Crippen LogP contribution in [0.4, 0.5) is 0 Å². The number of pyridine rings is 1. The molecule has 0 N–H and O–H groups in total. The maximum atomic E-state index is 11.6. The molecular weight excluding hydrogens is 208 g/mol. The highest BCUT2D eigenvalue weighted by Crippen LogP contribution is 2.22. The lowest BCUT2D eigenvalue weighted by Gasteiger charge is -2.00. The van der Waals surface area contributed by atoms with Gasteiger partial charge in [-0.05, 0) is 19.1 Å². The second-order valence-electron chi connectivity index (χ2n) is 3.03. The summed E-state index contributed by atoms with van der Waals surface area (Å²) in [6.45, 7) is 2.06. The average molecular weight is 218 g/mol. The van der Waals surface area contributed by atoms with Gasteiger partial charge in [-0.25, -0.2) is 4.79 Å². The molecule has 0 aromatic carbocycles. The summed E-state index contributed by atoms with van der Waals surface area (Å²) in [5, 5.41) is 3.60. The molecule has 82 valence electrons. The fraction of sp³-hybridized carbons (Fsp3) is 0.182. The van der Waals surface area contributed by atoms with Crippen molar-refractivity contribution in [3.63, 3.8) is 0 Å². The van der Waals surface area contributed by atoms with Gasteiger partial charge >= 0.3 is 5.97 Å². The van der Waals surface area contributed by atoms with Crippen LogP contribution in [0.15, 0.2) is 35.2 Å². The molecule has 0 unspecified atom stereocenters. The fourth-order valence-electron chi connectivity index (χ4n) is 1.30. The Morgan fingerprint density at radius 2 is 2.38 bits per heavy atom. The minimum atomic E-state index is -0.442. The Balaban J connectivity index is 2.37. The van der Waals surface area contributed by atoms with E-state index in [9.17, 15) is 4.79 Å². The zero-order valence-corrected chi connectivity index (χ0v) is 8.71. The molecule has 0 amide bonds. The maximum absolute atomic E-state index is 11.6. The maximum Gasteiger partial charge on any atom is 0.343 e. The summed E-state index contributed by atoms with van der Waals surface area (Å²) in [5.41, 5.74) is 1.01. The lowest BCUT2D eigenvalue weighted by Crippen LogP contribution is -2.04. The third-order valence-electron chi connectivity index (χ3n) is 1.99. The highest BCUT2D eigenvalue weighted by molar-refractivity contribution is 5.95. The number of hydrogen-bond acceptors (Lipinski definition) is 5. The molecular formula is C11H10N2O3. The van der Waals surface area contributed by atoms with E-state index in [0.29, 0.717) is 23.5 Å². The molecule has 0 saturated carbocycles. The summed E-state index contributed by atoms with van der Waals surface area (Å²) in [7, 11) is 0. The van der Waals surface area contributed by atoms with Crippen molar-refractivity contribution in [1.29, 1.82) is 0 Å². The van der Waals surface area contributed by atoms with Gasteiger partial charge in [0.15, 0.2) is 5.76 Å². The van der Waals surface area contributed by atoms with Crippen molar-refractivity contribution >= 4 is 5.97 Å². The first-order chi connectivity index (χ1) is 7.83. The molecule has 0 spiro atoms. The zero-order valence-electron chi connectivity index (χ0n) is 8.71. The molecule has 2 rings (SSSR count). The van der Waals surface area contributed by atoms with Gasteiger partial charge in [0, 0.05) is 18.0 Å². The first-order valence-corrected chi connectivity index (χ1v) is 4.85. The van der Waals surface area contributed by atoms with Crippen LogP contribution in [0, 0.1) is 0 Å². The molecule has 16 heavy (non-hydrogen) atoms. The van der Waals surface area contributed by atoms with Crippen LogP contribution in [0.2, 0.25) is 0 Å². The molecule has 0 radical (unpaired) electrons. The van der Waals surface area contributed by atoms with E-state index in [4.69, 9.17) is 9.26 Å². The number of nitrogens with zero attached hydrogens (tertiary/aromatic N) is 2. The highest BCUT2D eigenvalue weighted by atomic mass is 16.5. The van der Waals surface area contributed by atoms with Crippen LogP contribution >= 0.6 is 0 Å². The van der Waals surface area contributed by atoms with Gasteiger partial charge in [-0.3, -0.25) is 4.98 Å². The van der Waals surface area contributed by atoms with Gasteiger partial charge in [0.25, 0.3) is 0 Å². The monoisotopic (exact) mass is 218 g/mol. The predicted molar refractivity (Wildman–Crippen MR) is 55.7 cm³/mol. The Hall–Kier alpha value is -2.17. The predicted octanol–water partition coefficient (Wildman–Crippen LogP) is 1.91. The Bertz CT molecular complexity index is 479. The Morgan fingerprint density at radius 3 is 3.06 bits per heavy atom. The van der Waals surface area contributed by atoms with Crippen molar-refractivity contribution in [2.45, 2.75) is 6.92 Å². The quantitative estimate of drug-likeness (QED) is 0.736. The van der Waals surface area contributed by atoms with E-state index in [-0.39, 0.29) is 0 Å². The third kappa shape index (κ3) is 1.93. The summed E-state index contributed by atoms with van der Waals surface area (Å²) in [4.78, 5) is 15.5. The number of rotatable bonds is 3. The second-order valence-corrected chi connectivity index (χ2v) is 3.03. The number of esters is 1. The molecule has 2 aromatic heterocycles. The molecule has 5 nitrogen and oxygen atoms in total. The zero-order chi connectivity index (χ0) is 11.4. The molecule has 0 saturated heterocycles. The topological polar surface area (TPSA) is 65.2 Å². The first-order valence-electron chi connectivity index (χ1n) is 4.85. The van der Waals surface area contributed by atoms with E-state index >= 15 is 0 Å². The van der Waals surface area contributed by atoms with Gasteiger partial charge in [-0.15, -0.1) is 0 Å². The molecule has 0 aliphatic heterocycles. The van der Waals surface area contributed by atoms with Crippen molar-refractivity contribution in [2.24, 2.45) is 0 Å². The van der Waals surface area contributed by atoms with Crippen LogP contribution in [0.3, 0.4) is 0 Å². The van der Waals surface area contributed by atoms with E-state index in [2.05, 4.69) is 10.1 Å². The second kappa shape index (κ2) is 4.57. The van der Waals surface area contributed by atoms with Crippen molar-refractivity contribution in [1.82, 2.24) is 10.1 Å². The number of hydrogen-bond donors (Lipinski definition) is 0. The number of carbonyl (C=O) groups is 1. The normalized spacial score (nSPS) is 10.1. The molecule has 0 atom stereocenters. The molecule has 0 fully saturated rings. The fourth-order valence-corrected chi connectivity index (χ4v) is 1.30. The van der Waals surface area contributed by atoms with Crippen LogP contribution in [-0.4, -0.2) is 22.7 Å². The summed E-state index contributed by atoms with van der Waals surface area (Å²) >= 11 is 0. The Morgan fingerprint density at radius 1 is 1.50 bits per heavy atom. The van der Waals surface area contributed by atoms with E-state index in [1.54, 1.807) is 31.5 Å². The van der Waals surface area contributed by atoms with Gasteiger partial charge in [0.1, 0.15) is 5.56 Å². The van der Waals surface area contributed by atoms with Crippen molar-refractivity contribution in [3.05, 3.63) is 36.3 Å². The lowest BCUT2D eigenvalue weighted by atomic mass is 10.1. The van der Waals surface area contributed by atoms with Crippen LogP contribution in [-0.2, 0) is 4.74 Å². The van der Waals surface area contributed by atoms with E-state index in [1.807, 2.05) is 0 Å². The molecule has 5 heteroatoms. The SMILES string of the molecule is CCOC(=O)c1cnoc1-c1cccnc1. The first kappa shape index (κ1) is 10.4. The van der Waals surface area contributed by atoms with Crippen LogP contribution in [0.1, 0.15) is 17.3 Å². The average Bonchev–Trinajstić information content (AvgIpc) is 2.79. The summed E-state index contributed by atoms with van der Waals surface area (Å²) < 4.78 is 9.92. The third-order valence-corrected chi connectivity index (χ3v) is 1.99. The smallest absolute Gasteiger partial charge is 0.343 e. The largest absolute Gasteiger partial charge is 0.462 e. The van der Waals surface area contributed by atoms with E-state index < -0.39 is 5.97 Å². The molecule has 0 bridgehead atoms. The van der Waals surface area contributed by atoms with Crippen LogP contribution in [0.5, 0.6) is 0 Å². The van der Waals surface area contributed by atoms with Gasteiger partial charge in [0.05, 0.1) is 12.8 Å². The number of ether oxygens (including phenoxy) is 1. The Kier molecular flexibility index (Phi) is 2.95. The van der Waals surface area contributed by atoms with Gasteiger partial charge < -0.3 is 9.26 Å². The summed E-state index contributed by atoms with van der Waals surface area (Å²) in [5.74, 6) is -0.0610. The van der Waals surface area contributed by atoms with Crippen LogP contribution in [0.25, 0.3) is 11.3 Å². The minimum absolute atomic E-state index is 0.315. The summed E-state index contributed by atoms with van der Waals surface area (Å²) in [6.07, 6.45) is 4.59. The molecule has 0 aliphatic carbocycles. The standard InChI is InChI=1S/C11H10N2O3/c1-2-15-11(14)9-7-13-16-10(9)8-4-3-5-12-6-8/h3-7H,2H2,1H3. The van der Waals surface area contributed by atoms with Gasteiger partial charge in [-0.2, -0.15) is 0 Å². The minimum Gasteiger partial charge on any atom is -0.462 e. The number of aromatic nitrogens is 2.